The van der Waals surface area contributed by atoms with Gasteiger partial charge in [-0.25, -0.2) is 0 Å². The largest absolute Gasteiger partial charge is 0.384 e. The number of hydrogen-bond donors (Lipinski definition) is 1. The number of ether oxygens (including phenoxy) is 1. The zero-order valence-corrected chi connectivity index (χ0v) is 13.5. The van der Waals surface area contributed by atoms with Crippen LogP contribution in [0.3, 0.4) is 0 Å². The van der Waals surface area contributed by atoms with E-state index in [0.29, 0.717) is 17.9 Å². The number of nitrogens with zero attached hydrogens (tertiary/aromatic N) is 1. The number of amides is 1. The Labute approximate surface area is 128 Å². The molecule has 1 N–H and O–H groups in total. The van der Waals surface area contributed by atoms with Crippen molar-refractivity contribution in [1.82, 2.24) is 10.2 Å². The number of carbonyl (C=O) groups excluding carboxylic acids is 1. The third kappa shape index (κ3) is 2.98. The molecule has 120 valence electrons. The molecule has 1 saturated carbocycles. The Hall–Kier alpha value is -0.610. The first-order valence-corrected chi connectivity index (χ1v) is 8.69. The monoisotopic (exact) mass is 294 g/mol. The highest BCUT2D eigenvalue weighted by Gasteiger charge is 2.46. The molecule has 0 aromatic rings. The van der Waals surface area contributed by atoms with Crippen LogP contribution in [0.1, 0.15) is 51.4 Å². The summed E-state index contributed by atoms with van der Waals surface area (Å²) in [6, 6.07) is 0. The van der Waals surface area contributed by atoms with Gasteiger partial charge in [-0.15, -0.1) is 0 Å². The number of carbonyl (C=O) groups is 1. The molecule has 4 nitrogen and oxygen atoms in total. The van der Waals surface area contributed by atoms with Gasteiger partial charge in [-0.05, 0) is 44.1 Å². The average Bonchev–Trinajstić information content (AvgIpc) is 2.98. The highest BCUT2D eigenvalue weighted by Crippen LogP contribution is 2.45. The van der Waals surface area contributed by atoms with Crippen molar-refractivity contribution in [2.24, 2.45) is 10.8 Å². The summed E-state index contributed by atoms with van der Waals surface area (Å²) in [6.45, 7) is 4.20. The highest BCUT2D eigenvalue weighted by atomic mass is 16.5. The summed E-state index contributed by atoms with van der Waals surface area (Å²) >= 11 is 0. The van der Waals surface area contributed by atoms with Crippen molar-refractivity contribution in [3.8, 4) is 0 Å². The quantitative estimate of drug-likeness (QED) is 0.867. The van der Waals surface area contributed by atoms with Crippen LogP contribution in [0.4, 0.5) is 0 Å². The Kier molecular flexibility index (Phi) is 4.55. The molecule has 1 unspecified atom stereocenters. The van der Waals surface area contributed by atoms with Crippen LogP contribution < -0.4 is 5.32 Å². The summed E-state index contributed by atoms with van der Waals surface area (Å²) in [5, 5.41) is 3.35. The Morgan fingerprint density at radius 3 is 2.38 bits per heavy atom. The molecular weight excluding hydrogens is 264 g/mol. The molecule has 3 rings (SSSR count). The van der Waals surface area contributed by atoms with Crippen molar-refractivity contribution >= 4 is 5.91 Å². The van der Waals surface area contributed by atoms with Crippen molar-refractivity contribution in [2.75, 3.05) is 39.9 Å². The van der Waals surface area contributed by atoms with Gasteiger partial charge < -0.3 is 15.0 Å². The van der Waals surface area contributed by atoms with E-state index >= 15 is 0 Å². The number of hydrogen-bond acceptors (Lipinski definition) is 3. The fourth-order valence-corrected chi connectivity index (χ4v) is 4.71. The van der Waals surface area contributed by atoms with Gasteiger partial charge in [0.1, 0.15) is 0 Å². The van der Waals surface area contributed by atoms with Crippen molar-refractivity contribution < 1.29 is 9.53 Å². The van der Waals surface area contributed by atoms with Crippen molar-refractivity contribution in [3.05, 3.63) is 0 Å². The summed E-state index contributed by atoms with van der Waals surface area (Å²) in [5.74, 6) is 0.333. The van der Waals surface area contributed by atoms with E-state index in [-0.39, 0.29) is 5.41 Å². The standard InChI is InChI=1S/C17H30N2O2/c1-21-14-17(7-10-18-13-17)15(20)19-11-8-16(9-12-19)5-3-2-4-6-16/h18H,2-14H2,1H3. The summed E-state index contributed by atoms with van der Waals surface area (Å²) in [6.07, 6.45) is 10.3. The van der Waals surface area contributed by atoms with Crippen molar-refractivity contribution in [2.45, 2.75) is 51.4 Å². The van der Waals surface area contributed by atoms with Gasteiger partial charge in [0.05, 0.1) is 12.0 Å². The minimum absolute atomic E-state index is 0.300. The Bertz CT molecular complexity index is 361. The fourth-order valence-electron chi connectivity index (χ4n) is 4.71. The van der Waals surface area contributed by atoms with E-state index in [2.05, 4.69) is 10.2 Å². The van der Waals surface area contributed by atoms with E-state index in [1.807, 2.05) is 0 Å². The molecule has 3 fully saturated rings. The molecule has 0 bridgehead atoms. The normalized spacial score (nSPS) is 32.5. The van der Waals surface area contributed by atoms with Crippen LogP contribution in [0.25, 0.3) is 0 Å². The second-order valence-electron chi connectivity index (χ2n) is 7.49. The Morgan fingerprint density at radius 1 is 1.10 bits per heavy atom. The minimum Gasteiger partial charge on any atom is -0.384 e. The van der Waals surface area contributed by atoms with E-state index in [0.717, 1.165) is 32.6 Å². The number of methoxy groups -OCH3 is 1. The zero-order chi connectivity index (χ0) is 14.8. The van der Waals surface area contributed by atoms with E-state index in [1.165, 1.54) is 44.9 Å². The van der Waals surface area contributed by atoms with Gasteiger partial charge in [0.25, 0.3) is 0 Å². The SMILES string of the molecule is COCC1(C(=O)N2CCC3(CCCCC3)CC2)CCNC1. The Morgan fingerprint density at radius 2 is 1.81 bits per heavy atom. The van der Waals surface area contributed by atoms with Crippen LogP contribution in [-0.2, 0) is 9.53 Å². The molecule has 21 heavy (non-hydrogen) atoms. The van der Waals surface area contributed by atoms with Crippen LogP contribution in [0.15, 0.2) is 0 Å². The first-order chi connectivity index (χ1) is 10.2. The fraction of sp³-hybridized carbons (Fsp3) is 0.941. The Balaban J connectivity index is 1.61. The molecule has 1 amide bonds. The molecule has 2 heterocycles. The average molecular weight is 294 g/mol. The van der Waals surface area contributed by atoms with Gasteiger partial charge in [-0.3, -0.25) is 4.79 Å². The van der Waals surface area contributed by atoms with Gasteiger partial charge >= 0.3 is 0 Å². The second-order valence-corrected chi connectivity index (χ2v) is 7.49. The maximum absolute atomic E-state index is 13.0. The molecule has 0 aromatic carbocycles. The van der Waals surface area contributed by atoms with Crippen molar-refractivity contribution in [3.63, 3.8) is 0 Å². The molecule has 1 spiro atoms. The van der Waals surface area contributed by atoms with Crippen LogP contribution in [0, 0.1) is 10.8 Å². The summed E-state index contributed by atoms with van der Waals surface area (Å²) < 4.78 is 5.36. The number of rotatable bonds is 3. The van der Waals surface area contributed by atoms with E-state index < -0.39 is 0 Å². The molecule has 3 aliphatic rings. The van der Waals surface area contributed by atoms with Crippen molar-refractivity contribution in [1.29, 1.82) is 0 Å². The second kappa shape index (κ2) is 6.25. The van der Waals surface area contributed by atoms with Crippen LogP contribution >= 0.6 is 0 Å². The zero-order valence-electron chi connectivity index (χ0n) is 13.5. The van der Waals surface area contributed by atoms with Gasteiger partial charge in [-0.2, -0.15) is 0 Å². The number of piperidine rings is 1. The molecule has 2 saturated heterocycles. The highest BCUT2D eigenvalue weighted by molar-refractivity contribution is 5.83. The van der Waals surface area contributed by atoms with Gasteiger partial charge in [0.15, 0.2) is 0 Å². The van der Waals surface area contributed by atoms with E-state index in [4.69, 9.17) is 4.74 Å². The smallest absolute Gasteiger partial charge is 0.232 e. The van der Waals surface area contributed by atoms with E-state index in [1.54, 1.807) is 7.11 Å². The van der Waals surface area contributed by atoms with Gasteiger partial charge in [-0.1, -0.05) is 19.3 Å². The number of nitrogens with one attached hydrogen (secondary N) is 1. The molecule has 0 aromatic heterocycles. The lowest BCUT2D eigenvalue weighted by Crippen LogP contribution is -2.52. The lowest BCUT2D eigenvalue weighted by molar-refractivity contribution is -0.147. The predicted molar refractivity (Wildman–Crippen MR) is 83.1 cm³/mol. The summed E-state index contributed by atoms with van der Waals surface area (Å²) in [7, 11) is 1.71. The lowest BCUT2D eigenvalue weighted by atomic mass is 9.68. The molecule has 4 heteroatoms. The van der Waals surface area contributed by atoms with Crippen LogP contribution in [-0.4, -0.2) is 50.7 Å². The number of likely N-dealkylation sites (tertiary alicyclic amines) is 1. The van der Waals surface area contributed by atoms with Gasteiger partial charge in [0.2, 0.25) is 5.91 Å². The summed E-state index contributed by atoms with van der Waals surface area (Å²) in [4.78, 5) is 15.1. The summed E-state index contributed by atoms with van der Waals surface area (Å²) in [5.41, 5.74) is 0.267. The molecule has 0 radical (unpaired) electrons. The lowest BCUT2D eigenvalue weighted by Gasteiger charge is -2.46. The molecular formula is C17H30N2O2. The van der Waals surface area contributed by atoms with Gasteiger partial charge in [0, 0.05) is 26.7 Å². The predicted octanol–water partition coefficient (Wildman–Crippen LogP) is 2.19. The first-order valence-electron chi connectivity index (χ1n) is 8.69. The third-order valence-corrected chi connectivity index (χ3v) is 6.14. The first kappa shape index (κ1) is 15.3. The molecule has 2 aliphatic heterocycles. The molecule has 1 aliphatic carbocycles. The third-order valence-electron chi connectivity index (χ3n) is 6.14. The maximum Gasteiger partial charge on any atom is 0.232 e. The van der Waals surface area contributed by atoms with Crippen LogP contribution in [0.5, 0.6) is 0 Å². The van der Waals surface area contributed by atoms with E-state index in [9.17, 15) is 4.79 Å². The maximum atomic E-state index is 13.0. The minimum atomic E-state index is -0.300. The topological polar surface area (TPSA) is 41.6 Å². The molecule has 1 atom stereocenters. The van der Waals surface area contributed by atoms with Crippen LogP contribution in [0.2, 0.25) is 0 Å².